The molecule has 0 aliphatic heterocycles. The van der Waals surface area contributed by atoms with Crippen molar-refractivity contribution in [1.82, 2.24) is 9.97 Å². The minimum Gasteiger partial charge on any atom is -0.348 e. The molecule has 2 aromatic rings. The fraction of sp³-hybridized carbons (Fsp3) is 0.182. The van der Waals surface area contributed by atoms with Crippen LogP contribution in [-0.2, 0) is 6.42 Å². The van der Waals surface area contributed by atoms with E-state index in [0.29, 0.717) is 0 Å². The van der Waals surface area contributed by atoms with Crippen LogP contribution in [-0.4, -0.2) is 9.97 Å². The van der Waals surface area contributed by atoms with Crippen LogP contribution in [0.15, 0.2) is 36.7 Å². The minimum absolute atomic E-state index is 0.884. The SMILES string of the molecule is Cc1cccc(Cc2ncc[nH]2)c1. The van der Waals surface area contributed by atoms with E-state index >= 15 is 0 Å². The standard InChI is InChI=1S/C11H12N2/c1-9-3-2-4-10(7-9)8-11-12-5-6-13-11/h2-7H,8H2,1H3,(H,12,13). The Morgan fingerprint density at radius 2 is 2.31 bits per heavy atom. The zero-order valence-corrected chi connectivity index (χ0v) is 7.62. The number of nitrogens with one attached hydrogen (secondary N) is 1. The van der Waals surface area contributed by atoms with Gasteiger partial charge in [-0.1, -0.05) is 29.8 Å². The van der Waals surface area contributed by atoms with E-state index in [1.807, 2.05) is 6.20 Å². The van der Waals surface area contributed by atoms with Crippen LogP contribution in [0.1, 0.15) is 17.0 Å². The maximum Gasteiger partial charge on any atom is 0.110 e. The van der Waals surface area contributed by atoms with Crippen LogP contribution in [0.3, 0.4) is 0 Å². The highest BCUT2D eigenvalue weighted by molar-refractivity contribution is 5.24. The predicted molar refractivity (Wildman–Crippen MR) is 52.6 cm³/mol. The number of aromatic amines is 1. The van der Waals surface area contributed by atoms with Gasteiger partial charge in [-0.05, 0) is 12.5 Å². The first-order valence-electron chi connectivity index (χ1n) is 4.38. The summed E-state index contributed by atoms with van der Waals surface area (Å²) in [6.07, 6.45) is 4.52. The number of nitrogens with zero attached hydrogens (tertiary/aromatic N) is 1. The highest BCUT2D eigenvalue weighted by atomic mass is 14.9. The Hall–Kier alpha value is -1.57. The van der Waals surface area contributed by atoms with Gasteiger partial charge in [0.15, 0.2) is 0 Å². The van der Waals surface area contributed by atoms with Crippen molar-refractivity contribution in [2.75, 3.05) is 0 Å². The molecule has 0 fully saturated rings. The molecule has 1 heterocycles. The normalized spacial score (nSPS) is 10.2. The lowest BCUT2D eigenvalue weighted by Gasteiger charge is -1.99. The molecule has 0 aliphatic carbocycles. The maximum atomic E-state index is 4.19. The monoisotopic (exact) mass is 172 g/mol. The number of aromatic nitrogens is 2. The third-order valence-electron chi connectivity index (χ3n) is 2.01. The fourth-order valence-electron chi connectivity index (χ4n) is 1.41. The largest absolute Gasteiger partial charge is 0.348 e. The van der Waals surface area contributed by atoms with Crippen molar-refractivity contribution >= 4 is 0 Å². The summed E-state index contributed by atoms with van der Waals surface area (Å²) in [4.78, 5) is 7.28. The Labute approximate surface area is 77.6 Å². The molecule has 2 rings (SSSR count). The summed E-state index contributed by atoms with van der Waals surface area (Å²) in [5, 5.41) is 0. The lowest BCUT2D eigenvalue weighted by Crippen LogP contribution is -1.90. The number of aryl methyl sites for hydroxylation is 1. The van der Waals surface area contributed by atoms with Crippen LogP contribution in [0.25, 0.3) is 0 Å². The van der Waals surface area contributed by atoms with E-state index in [1.54, 1.807) is 6.20 Å². The molecule has 1 aromatic heterocycles. The average molecular weight is 172 g/mol. The Balaban J connectivity index is 2.19. The Bertz CT molecular complexity index is 377. The van der Waals surface area contributed by atoms with Gasteiger partial charge in [-0.2, -0.15) is 0 Å². The molecule has 0 atom stereocenters. The van der Waals surface area contributed by atoms with E-state index < -0.39 is 0 Å². The first-order chi connectivity index (χ1) is 6.34. The van der Waals surface area contributed by atoms with Crippen molar-refractivity contribution in [3.8, 4) is 0 Å². The van der Waals surface area contributed by atoms with Crippen molar-refractivity contribution in [2.24, 2.45) is 0 Å². The van der Waals surface area contributed by atoms with Crippen LogP contribution in [0, 0.1) is 6.92 Å². The van der Waals surface area contributed by atoms with Gasteiger partial charge in [0.05, 0.1) is 0 Å². The second-order valence-electron chi connectivity index (χ2n) is 3.20. The van der Waals surface area contributed by atoms with Crippen LogP contribution in [0.4, 0.5) is 0 Å². The Morgan fingerprint density at radius 1 is 1.38 bits per heavy atom. The summed E-state index contributed by atoms with van der Waals surface area (Å²) >= 11 is 0. The summed E-state index contributed by atoms with van der Waals surface area (Å²) < 4.78 is 0. The minimum atomic E-state index is 0.884. The molecular formula is C11H12N2. The molecule has 0 unspecified atom stereocenters. The maximum absolute atomic E-state index is 4.19. The molecular weight excluding hydrogens is 160 g/mol. The second kappa shape index (κ2) is 3.44. The molecule has 0 aliphatic rings. The molecule has 13 heavy (non-hydrogen) atoms. The molecule has 0 radical (unpaired) electrons. The van der Waals surface area contributed by atoms with E-state index in [9.17, 15) is 0 Å². The van der Waals surface area contributed by atoms with E-state index in [2.05, 4.69) is 41.2 Å². The number of hydrogen-bond donors (Lipinski definition) is 1. The first kappa shape index (κ1) is 8.05. The third-order valence-corrected chi connectivity index (χ3v) is 2.01. The first-order valence-corrected chi connectivity index (χ1v) is 4.38. The van der Waals surface area contributed by atoms with E-state index in [0.717, 1.165) is 12.2 Å². The van der Waals surface area contributed by atoms with Gasteiger partial charge in [0, 0.05) is 18.8 Å². The van der Waals surface area contributed by atoms with Crippen LogP contribution in [0.5, 0.6) is 0 Å². The van der Waals surface area contributed by atoms with Crippen molar-refractivity contribution in [3.63, 3.8) is 0 Å². The van der Waals surface area contributed by atoms with Gasteiger partial charge >= 0.3 is 0 Å². The van der Waals surface area contributed by atoms with Crippen LogP contribution >= 0.6 is 0 Å². The zero-order valence-electron chi connectivity index (χ0n) is 7.62. The van der Waals surface area contributed by atoms with Crippen molar-refractivity contribution in [1.29, 1.82) is 0 Å². The van der Waals surface area contributed by atoms with Gasteiger partial charge < -0.3 is 4.98 Å². The number of imidazole rings is 1. The highest BCUT2D eigenvalue weighted by Gasteiger charge is 1.97. The summed E-state index contributed by atoms with van der Waals surface area (Å²) in [6.45, 7) is 2.10. The average Bonchev–Trinajstić information content (AvgIpc) is 2.57. The summed E-state index contributed by atoms with van der Waals surface area (Å²) in [6, 6.07) is 8.48. The Morgan fingerprint density at radius 3 is 3.00 bits per heavy atom. The molecule has 1 N–H and O–H groups in total. The van der Waals surface area contributed by atoms with Gasteiger partial charge in [0.25, 0.3) is 0 Å². The van der Waals surface area contributed by atoms with E-state index in [4.69, 9.17) is 0 Å². The fourth-order valence-corrected chi connectivity index (χ4v) is 1.41. The topological polar surface area (TPSA) is 28.7 Å². The van der Waals surface area contributed by atoms with Gasteiger partial charge in [0.1, 0.15) is 5.82 Å². The molecule has 1 aromatic carbocycles. The van der Waals surface area contributed by atoms with Crippen LogP contribution in [0.2, 0.25) is 0 Å². The lowest BCUT2D eigenvalue weighted by atomic mass is 10.1. The van der Waals surface area contributed by atoms with Crippen molar-refractivity contribution in [2.45, 2.75) is 13.3 Å². The molecule has 0 spiro atoms. The molecule has 2 nitrogen and oxygen atoms in total. The van der Waals surface area contributed by atoms with E-state index in [-0.39, 0.29) is 0 Å². The third kappa shape index (κ3) is 1.96. The highest BCUT2D eigenvalue weighted by Crippen LogP contribution is 2.07. The second-order valence-corrected chi connectivity index (χ2v) is 3.20. The lowest BCUT2D eigenvalue weighted by molar-refractivity contribution is 1.02. The molecule has 66 valence electrons. The molecule has 0 saturated heterocycles. The summed E-state index contributed by atoms with van der Waals surface area (Å²) in [7, 11) is 0. The van der Waals surface area contributed by atoms with Gasteiger partial charge in [-0.15, -0.1) is 0 Å². The molecule has 0 saturated carbocycles. The number of rotatable bonds is 2. The van der Waals surface area contributed by atoms with Gasteiger partial charge in [0.2, 0.25) is 0 Å². The zero-order chi connectivity index (χ0) is 9.10. The molecule has 0 amide bonds. The van der Waals surface area contributed by atoms with Gasteiger partial charge in [-0.25, -0.2) is 4.98 Å². The quantitative estimate of drug-likeness (QED) is 0.739. The van der Waals surface area contributed by atoms with Crippen molar-refractivity contribution < 1.29 is 0 Å². The number of benzene rings is 1. The molecule has 0 bridgehead atoms. The number of H-pyrrole nitrogens is 1. The summed E-state index contributed by atoms with van der Waals surface area (Å²) in [5.74, 6) is 1.02. The van der Waals surface area contributed by atoms with Crippen molar-refractivity contribution in [3.05, 3.63) is 53.6 Å². The predicted octanol–water partition coefficient (Wildman–Crippen LogP) is 2.31. The summed E-state index contributed by atoms with van der Waals surface area (Å²) in [5.41, 5.74) is 2.60. The van der Waals surface area contributed by atoms with E-state index in [1.165, 1.54) is 11.1 Å². The van der Waals surface area contributed by atoms with Crippen LogP contribution < -0.4 is 0 Å². The van der Waals surface area contributed by atoms with Gasteiger partial charge in [-0.3, -0.25) is 0 Å². The number of hydrogen-bond acceptors (Lipinski definition) is 1. The molecule has 2 heteroatoms. The smallest absolute Gasteiger partial charge is 0.110 e. The Kier molecular flexibility index (Phi) is 2.13.